The summed E-state index contributed by atoms with van der Waals surface area (Å²) in [5.74, 6) is 0.0846. The number of methoxy groups -OCH3 is 1. The Hall–Kier alpha value is -1.92. The van der Waals surface area contributed by atoms with Gasteiger partial charge in [-0.2, -0.15) is 0 Å². The lowest BCUT2D eigenvalue weighted by molar-refractivity contribution is -0.137. The number of nitrogens with two attached hydrogens (primary N) is 1. The highest BCUT2D eigenvalue weighted by molar-refractivity contribution is 5.97. The molecule has 1 unspecified atom stereocenters. The van der Waals surface area contributed by atoms with E-state index in [9.17, 15) is 9.59 Å². The van der Waals surface area contributed by atoms with Gasteiger partial charge in [-0.1, -0.05) is 18.2 Å². The third-order valence-electron chi connectivity index (χ3n) is 4.97. The van der Waals surface area contributed by atoms with Crippen LogP contribution in [0.15, 0.2) is 24.3 Å². The average Bonchev–Trinajstić information content (AvgIpc) is 3.05. The summed E-state index contributed by atoms with van der Waals surface area (Å²) in [5.41, 5.74) is 8.10. The van der Waals surface area contributed by atoms with Gasteiger partial charge in [0.05, 0.1) is 6.61 Å². The summed E-state index contributed by atoms with van der Waals surface area (Å²) in [6.07, 6.45) is 2.32. The second kappa shape index (κ2) is 7.32. The second-order valence-corrected chi connectivity index (χ2v) is 6.53. The fourth-order valence-corrected chi connectivity index (χ4v) is 3.62. The van der Waals surface area contributed by atoms with E-state index in [-0.39, 0.29) is 24.3 Å². The van der Waals surface area contributed by atoms with Crippen LogP contribution in [0.3, 0.4) is 0 Å². The largest absolute Gasteiger partial charge is 0.383 e. The molecule has 0 aromatic heterocycles. The lowest BCUT2D eigenvalue weighted by Crippen LogP contribution is -2.50. The van der Waals surface area contributed by atoms with Gasteiger partial charge in [0.1, 0.15) is 6.04 Å². The second-order valence-electron chi connectivity index (χ2n) is 6.53. The van der Waals surface area contributed by atoms with Gasteiger partial charge in [-0.05, 0) is 30.9 Å². The van der Waals surface area contributed by atoms with Crippen LogP contribution in [0.4, 0.5) is 5.69 Å². The molecule has 3 rings (SSSR count). The number of para-hydroxylation sites is 1. The summed E-state index contributed by atoms with van der Waals surface area (Å²) >= 11 is 0. The summed E-state index contributed by atoms with van der Waals surface area (Å²) in [5, 5.41) is 0. The van der Waals surface area contributed by atoms with Crippen LogP contribution >= 0.6 is 0 Å². The van der Waals surface area contributed by atoms with Crippen molar-refractivity contribution >= 4 is 17.5 Å². The number of nitrogens with zero attached hydrogens (tertiary/aromatic N) is 2. The number of ether oxygens (including phenoxy) is 1. The summed E-state index contributed by atoms with van der Waals surface area (Å²) in [4.78, 5) is 28.7. The first kappa shape index (κ1) is 16.9. The number of carbonyl (C=O) groups is 2. The number of likely N-dealkylation sites (tertiary alicyclic amines) is 1. The van der Waals surface area contributed by atoms with Crippen molar-refractivity contribution in [3.05, 3.63) is 29.8 Å². The van der Waals surface area contributed by atoms with Crippen LogP contribution in [0.5, 0.6) is 0 Å². The number of carbonyl (C=O) groups excluding carboxylic acids is 2. The molecule has 2 aliphatic rings. The highest BCUT2D eigenvalue weighted by Crippen LogP contribution is 2.31. The lowest BCUT2D eigenvalue weighted by atomic mass is 9.94. The Morgan fingerprint density at radius 2 is 1.96 bits per heavy atom. The van der Waals surface area contributed by atoms with Gasteiger partial charge >= 0.3 is 0 Å². The first-order valence-corrected chi connectivity index (χ1v) is 8.54. The molecule has 0 radical (unpaired) electrons. The van der Waals surface area contributed by atoms with E-state index in [4.69, 9.17) is 10.5 Å². The topological polar surface area (TPSA) is 75.9 Å². The van der Waals surface area contributed by atoms with E-state index in [1.54, 1.807) is 4.90 Å². The van der Waals surface area contributed by atoms with Crippen molar-refractivity contribution in [2.75, 3.05) is 38.3 Å². The van der Waals surface area contributed by atoms with Crippen LogP contribution in [-0.2, 0) is 20.7 Å². The fraction of sp³-hybridized carbons (Fsp3) is 0.556. The van der Waals surface area contributed by atoms with Crippen molar-refractivity contribution in [3.8, 4) is 0 Å². The van der Waals surface area contributed by atoms with E-state index in [0.717, 1.165) is 18.7 Å². The molecule has 130 valence electrons. The summed E-state index contributed by atoms with van der Waals surface area (Å²) in [7, 11) is 1.53. The van der Waals surface area contributed by atoms with Crippen molar-refractivity contribution in [2.24, 2.45) is 11.7 Å². The quantitative estimate of drug-likeness (QED) is 0.885. The van der Waals surface area contributed by atoms with Gasteiger partial charge in [0.15, 0.2) is 0 Å². The molecule has 0 saturated carbocycles. The molecule has 1 aromatic carbocycles. The van der Waals surface area contributed by atoms with E-state index < -0.39 is 6.04 Å². The Labute approximate surface area is 142 Å². The van der Waals surface area contributed by atoms with E-state index in [1.807, 2.05) is 23.1 Å². The van der Waals surface area contributed by atoms with Crippen LogP contribution in [0.2, 0.25) is 0 Å². The molecule has 6 nitrogen and oxygen atoms in total. The number of fused-ring (bicyclic) bond motifs is 1. The molecule has 0 aliphatic carbocycles. The molecule has 24 heavy (non-hydrogen) atoms. The molecule has 1 saturated heterocycles. The van der Waals surface area contributed by atoms with E-state index in [1.165, 1.54) is 12.7 Å². The fourth-order valence-electron chi connectivity index (χ4n) is 3.62. The molecular formula is C18H25N3O3. The van der Waals surface area contributed by atoms with Gasteiger partial charge in [0, 0.05) is 38.3 Å². The SMILES string of the molecule is COCC(N)C(=O)N1CCC(C(=O)N2CCc3ccccc32)CC1. The summed E-state index contributed by atoms with van der Waals surface area (Å²) in [6, 6.07) is 7.47. The minimum absolute atomic E-state index is 0.0149. The van der Waals surface area contributed by atoms with Crippen LogP contribution in [0, 0.1) is 5.92 Å². The van der Waals surface area contributed by atoms with Crippen molar-refractivity contribution < 1.29 is 14.3 Å². The molecule has 1 fully saturated rings. The van der Waals surface area contributed by atoms with Gasteiger partial charge < -0.3 is 20.3 Å². The molecule has 6 heteroatoms. The van der Waals surface area contributed by atoms with Crippen molar-refractivity contribution in [1.29, 1.82) is 0 Å². The molecule has 0 spiro atoms. The number of amides is 2. The van der Waals surface area contributed by atoms with E-state index >= 15 is 0 Å². The molecular weight excluding hydrogens is 306 g/mol. The highest BCUT2D eigenvalue weighted by Gasteiger charge is 2.34. The number of piperidine rings is 1. The summed E-state index contributed by atoms with van der Waals surface area (Å²) in [6.45, 7) is 2.16. The first-order valence-electron chi connectivity index (χ1n) is 8.54. The van der Waals surface area contributed by atoms with Crippen molar-refractivity contribution in [1.82, 2.24) is 4.90 Å². The molecule has 2 amide bonds. The molecule has 0 bridgehead atoms. The Morgan fingerprint density at radius 1 is 1.25 bits per heavy atom. The van der Waals surface area contributed by atoms with Gasteiger partial charge in [-0.25, -0.2) is 0 Å². The van der Waals surface area contributed by atoms with Crippen LogP contribution < -0.4 is 10.6 Å². The van der Waals surface area contributed by atoms with Gasteiger partial charge in [0.2, 0.25) is 11.8 Å². The number of benzene rings is 1. The van der Waals surface area contributed by atoms with E-state index in [2.05, 4.69) is 6.07 Å². The molecule has 1 atom stereocenters. The zero-order chi connectivity index (χ0) is 17.1. The predicted octanol–water partition coefficient (Wildman–Crippen LogP) is 0.788. The molecule has 1 aromatic rings. The molecule has 2 aliphatic heterocycles. The van der Waals surface area contributed by atoms with Gasteiger partial charge in [-0.3, -0.25) is 9.59 Å². The van der Waals surface area contributed by atoms with Crippen LogP contribution in [-0.4, -0.2) is 56.1 Å². The maximum absolute atomic E-state index is 12.9. The smallest absolute Gasteiger partial charge is 0.241 e. The van der Waals surface area contributed by atoms with Crippen LogP contribution in [0.25, 0.3) is 0 Å². The third-order valence-corrected chi connectivity index (χ3v) is 4.97. The Bertz CT molecular complexity index is 611. The zero-order valence-corrected chi connectivity index (χ0v) is 14.1. The lowest BCUT2D eigenvalue weighted by Gasteiger charge is -2.34. The predicted molar refractivity (Wildman–Crippen MR) is 91.7 cm³/mol. The first-order chi connectivity index (χ1) is 11.6. The Kier molecular flexibility index (Phi) is 5.16. The minimum atomic E-state index is -0.618. The third kappa shape index (κ3) is 3.30. The number of anilines is 1. The van der Waals surface area contributed by atoms with Crippen molar-refractivity contribution in [3.63, 3.8) is 0 Å². The Balaban J connectivity index is 1.57. The minimum Gasteiger partial charge on any atom is -0.383 e. The van der Waals surface area contributed by atoms with Crippen molar-refractivity contribution in [2.45, 2.75) is 25.3 Å². The average molecular weight is 331 g/mol. The number of hydrogen-bond acceptors (Lipinski definition) is 4. The maximum Gasteiger partial charge on any atom is 0.241 e. The van der Waals surface area contributed by atoms with E-state index in [0.29, 0.717) is 25.9 Å². The summed E-state index contributed by atoms with van der Waals surface area (Å²) < 4.78 is 4.94. The zero-order valence-electron chi connectivity index (χ0n) is 14.1. The monoisotopic (exact) mass is 331 g/mol. The van der Waals surface area contributed by atoms with Crippen LogP contribution in [0.1, 0.15) is 18.4 Å². The van der Waals surface area contributed by atoms with Gasteiger partial charge in [-0.15, -0.1) is 0 Å². The molecule has 2 heterocycles. The maximum atomic E-state index is 12.9. The Morgan fingerprint density at radius 3 is 2.67 bits per heavy atom. The molecule has 2 N–H and O–H groups in total. The normalized spacial score (nSPS) is 19.2. The number of hydrogen-bond donors (Lipinski definition) is 1. The highest BCUT2D eigenvalue weighted by atomic mass is 16.5. The standard InChI is InChI=1S/C18H25N3O3/c1-24-12-15(19)18(23)20-9-6-14(7-10-20)17(22)21-11-8-13-4-2-3-5-16(13)21/h2-5,14-15H,6-12,19H2,1H3. The number of rotatable bonds is 4. The van der Waals surface area contributed by atoms with Gasteiger partial charge in [0.25, 0.3) is 0 Å².